The van der Waals surface area contributed by atoms with Crippen molar-refractivity contribution >= 4 is 22.6 Å². The molecule has 0 bridgehead atoms. The lowest BCUT2D eigenvalue weighted by molar-refractivity contribution is 0.300. The maximum absolute atomic E-state index is 6.05. The van der Waals surface area contributed by atoms with Crippen molar-refractivity contribution in [2.75, 3.05) is 6.54 Å². The van der Waals surface area contributed by atoms with Crippen LogP contribution in [0.25, 0.3) is 11.0 Å². The van der Waals surface area contributed by atoms with Gasteiger partial charge < -0.3 is 9.73 Å². The fourth-order valence-corrected chi connectivity index (χ4v) is 2.93. The lowest BCUT2D eigenvalue weighted by atomic mass is 9.92. The zero-order valence-electron chi connectivity index (χ0n) is 12.6. The molecule has 0 aliphatic rings. The van der Waals surface area contributed by atoms with Crippen LogP contribution in [-0.2, 0) is 0 Å². The van der Waals surface area contributed by atoms with Gasteiger partial charge in [0.1, 0.15) is 11.3 Å². The van der Waals surface area contributed by atoms with Gasteiger partial charge in [0, 0.05) is 10.4 Å². The maximum Gasteiger partial charge on any atom is 0.134 e. The van der Waals surface area contributed by atoms with E-state index in [0.29, 0.717) is 5.92 Å². The summed E-state index contributed by atoms with van der Waals surface area (Å²) >= 11 is 6.05. The third-order valence-electron chi connectivity index (χ3n) is 3.94. The molecule has 0 amide bonds. The second kappa shape index (κ2) is 7.14. The number of furan rings is 1. The van der Waals surface area contributed by atoms with E-state index in [9.17, 15) is 0 Å². The lowest BCUT2D eigenvalue weighted by Gasteiger charge is -2.24. The fraction of sp³-hybridized carbons (Fsp3) is 0.529. The number of hydrogen-bond acceptors (Lipinski definition) is 2. The second-order valence-electron chi connectivity index (χ2n) is 5.34. The topological polar surface area (TPSA) is 25.2 Å². The van der Waals surface area contributed by atoms with E-state index in [1.807, 2.05) is 18.2 Å². The Balaban J connectivity index is 2.33. The van der Waals surface area contributed by atoms with Crippen molar-refractivity contribution in [3.8, 4) is 0 Å². The molecule has 2 rings (SSSR count). The van der Waals surface area contributed by atoms with Crippen molar-refractivity contribution < 1.29 is 4.42 Å². The molecule has 2 aromatic rings. The lowest BCUT2D eigenvalue weighted by Crippen LogP contribution is -2.28. The summed E-state index contributed by atoms with van der Waals surface area (Å²) in [6.45, 7) is 7.69. The minimum atomic E-state index is 0.288. The van der Waals surface area contributed by atoms with Gasteiger partial charge in [-0.2, -0.15) is 0 Å². The van der Waals surface area contributed by atoms with Crippen LogP contribution in [0, 0.1) is 5.92 Å². The van der Waals surface area contributed by atoms with Gasteiger partial charge in [-0.15, -0.1) is 0 Å². The summed E-state index contributed by atoms with van der Waals surface area (Å²) in [5.74, 6) is 1.63. The molecule has 1 N–H and O–H groups in total. The molecular formula is C17H24ClNO. The second-order valence-corrected chi connectivity index (χ2v) is 5.78. The van der Waals surface area contributed by atoms with Crippen molar-refractivity contribution in [2.45, 2.75) is 46.1 Å². The number of hydrogen-bond donors (Lipinski definition) is 1. The van der Waals surface area contributed by atoms with Crippen molar-refractivity contribution in [3.63, 3.8) is 0 Å². The van der Waals surface area contributed by atoms with E-state index in [0.717, 1.165) is 47.6 Å². The molecule has 1 aromatic heterocycles. The number of benzene rings is 1. The predicted octanol–water partition coefficient (Wildman–Crippen LogP) is 5.56. The highest BCUT2D eigenvalue weighted by molar-refractivity contribution is 6.31. The quantitative estimate of drug-likeness (QED) is 0.722. The first kappa shape index (κ1) is 15.4. The van der Waals surface area contributed by atoms with Crippen LogP contribution in [-0.4, -0.2) is 6.54 Å². The van der Waals surface area contributed by atoms with Gasteiger partial charge in [-0.3, -0.25) is 0 Å². The third-order valence-corrected chi connectivity index (χ3v) is 4.17. The molecule has 20 heavy (non-hydrogen) atoms. The SMILES string of the molecule is CCCNC(c1cc2cc(Cl)ccc2o1)C(CC)CC. The van der Waals surface area contributed by atoms with Crippen molar-refractivity contribution in [1.29, 1.82) is 0 Å². The van der Waals surface area contributed by atoms with Crippen molar-refractivity contribution in [3.05, 3.63) is 35.0 Å². The van der Waals surface area contributed by atoms with Crippen LogP contribution in [0.5, 0.6) is 0 Å². The van der Waals surface area contributed by atoms with E-state index in [2.05, 4.69) is 32.2 Å². The maximum atomic E-state index is 6.05. The Kier molecular flexibility index (Phi) is 5.50. The Morgan fingerprint density at radius 3 is 2.55 bits per heavy atom. The summed E-state index contributed by atoms with van der Waals surface area (Å²) in [4.78, 5) is 0. The van der Waals surface area contributed by atoms with Crippen molar-refractivity contribution in [2.24, 2.45) is 5.92 Å². The van der Waals surface area contributed by atoms with E-state index < -0.39 is 0 Å². The summed E-state index contributed by atoms with van der Waals surface area (Å²) < 4.78 is 6.05. The average Bonchev–Trinajstić information content (AvgIpc) is 2.86. The van der Waals surface area contributed by atoms with Crippen LogP contribution in [0.4, 0.5) is 0 Å². The Hall–Kier alpha value is -0.990. The van der Waals surface area contributed by atoms with Gasteiger partial charge in [-0.1, -0.05) is 45.2 Å². The van der Waals surface area contributed by atoms with E-state index in [1.165, 1.54) is 0 Å². The molecule has 1 heterocycles. The number of fused-ring (bicyclic) bond motifs is 1. The number of halogens is 1. The molecule has 0 saturated heterocycles. The molecule has 3 heteroatoms. The average molecular weight is 294 g/mol. The summed E-state index contributed by atoms with van der Waals surface area (Å²) in [5, 5.41) is 5.48. The predicted molar refractivity (Wildman–Crippen MR) is 86.3 cm³/mol. The standard InChI is InChI=1S/C17H24ClNO/c1-4-9-19-17(12(5-2)6-3)16-11-13-10-14(18)7-8-15(13)20-16/h7-8,10-12,17,19H,4-6,9H2,1-3H3. The molecule has 0 aliphatic heterocycles. The zero-order chi connectivity index (χ0) is 14.5. The highest BCUT2D eigenvalue weighted by Gasteiger charge is 2.23. The van der Waals surface area contributed by atoms with E-state index in [1.54, 1.807) is 0 Å². The fourth-order valence-electron chi connectivity index (χ4n) is 2.75. The Bertz CT molecular complexity index is 545. The van der Waals surface area contributed by atoms with E-state index in [4.69, 9.17) is 16.0 Å². The molecular weight excluding hydrogens is 270 g/mol. The van der Waals surface area contributed by atoms with Crippen LogP contribution in [0.15, 0.2) is 28.7 Å². The van der Waals surface area contributed by atoms with Gasteiger partial charge in [0.05, 0.1) is 6.04 Å². The minimum absolute atomic E-state index is 0.288. The molecule has 110 valence electrons. The molecule has 0 spiro atoms. The van der Waals surface area contributed by atoms with Gasteiger partial charge in [0.15, 0.2) is 0 Å². The summed E-state index contributed by atoms with van der Waals surface area (Å²) in [5.41, 5.74) is 0.915. The van der Waals surface area contributed by atoms with E-state index in [-0.39, 0.29) is 6.04 Å². The van der Waals surface area contributed by atoms with Crippen LogP contribution in [0.2, 0.25) is 5.02 Å². The van der Waals surface area contributed by atoms with Gasteiger partial charge in [0.25, 0.3) is 0 Å². The van der Waals surface area contributed by atoms with Gasteiger partial charge in [-0.25, -0.2) is 0 Å². The first-order valence-electron chi connectivity index (χ1n) is 7.61. The van der Waals surface area contributed by atoms with Gasteiger partial charge >= 0.3 is 0 Å². The normalized spacial score (nSPS) is 13.2. The largest absolute Gasteiger partial charge is 0.459 e. The van der Waals surface area contributed by atoms with Crippen LogP contribution >= 0.6 is 11.6 Å². The molecule has 0 fully saturated rings. The summed E-state index contributed by atoms with van der Waals surface area (Å²) in [7, 11) is 0. The Labute approximate surface area is 126 Å². The van der Waals surface area contributed by atoms with Crippen LogP contribution in [0.3, 0.4) is 0 Å². The summed E-state index contributed by atoms with van der Waals surface area (Å²) in [6.07, 6.45) is 3.42. The molecule has 0 aliphatic carbocycles. The van der Waals surface area contributed by atoms with Crippen LogP contribution in [0.1, 0.15) is 51.8 Å². The Morgan fingerprint density at radius 1 is 1.15 bits per heavy atom. The van der Waals surface area contributed by atoms with Gasteiger partial charge in [0.2, 0.25) is 0 Å². The zero-order valence-corrected chi connectivity index (χ0v) is 13.3. The number of rotatable bonds is 7. The Morgan fingerprint density at radius 2 is 1.90 bits per heavy atom. The molecule has 0 radical (unpaired) electrons. The molecule has 2 nitrogen and oxygen atoms in total. The van der Waals surface area contributed by atoms with Crippen LogP contribution < -0.4 is 5.32 Å². The smallest absolute Gasteiger partial charge is 0.134 e. The number of nitrogens with one attached hydrogen (secondary N) is 1. The van der Waals surface area contributed by atoms with Gasteiger partial charge in [-0.05, 0) is 43.1 Å². The molecule has 1 aromatic carbocycles. The van der Waals surface area contributed by atoms with Crippen molar-refractivity contribution in [1.82, 2.24) is 5.32 Å². The first-order chi connectivity index (χ1) is 9.69. The summed E-state index contributed by atoms with van der Waals surface area (Å²) in [6, 6.07) is 8.21. The van der Waals surface area contributed by atoms with E-state index >= 15 is 0 Å². The highest BCUT2D eigenvalue weighted by Crippen LogP contribution is 2.32. The third kappa shape index (κ3) is 3.36. The highest BCUT2D eigenvalue weighted by atomic mass is 35.5. The molecule has 1 atom stereocenters. The molecule has 0 saturated carbocycles. The first-order valence-corrected chi connectivity index (χ1v) is 7.99. The minimum Gasteiger partial charge on any atom is -0.459 e. The molecule has 1 unspecified atom stereocenters. The monoisotopic (exact) mass is 293 g/mol.